The number of aromatic nitrogens is 2. The predicted molar refractivity (Wildman–Crippen MR) is 70.0 cm³/mol. The Morgan fingerprint density at radius 2 is 2.00 bits per heavy atom. The van der Waals surface area contributed by atoms with Crippen LogP contribution in [0.25, 0.3) is 0 Å². The molecule has 0 amide bonds. The predicted octanol–water partition coefficient (Wildman–Crippen LogP) is 3.19. The molecule has 0 fully saturated rings. The summed E-state index contributed by atoms with van der Waals surface area (Å²) in [5, 5.41) is 4.22. The van der Waals surface area contributed by atoms with Gasteiger partial charge in [-0.1, -0.05) is 13.0 Å². The number of hydrogen-bond acceptors (Lipinski definition) is 2. The zero-order valence-electron chi connectivity index (χ0n) is 11.6. The van der Waals surface area contributed by atoms with E-state index in [-0.39, 0.29) is 5.56 Å². The Kier molecular flexibility index (Phi) is 4.04. The highest BCUT2D eigenvalue weighted by molar-refractivity contribution is 5.35. The molecule has 1 aromatic heterocycles. The molecule has 0 saturated carbocycles. The SMILES string of the molecule is CCc1nn(C)cc1C(N)c1ccc(C(F)(F)F)c(F)c1. The van der Waals surface area contributed by atoms with Crippen molar-refractivity contribution < 1.29 is 17.6 Å². The van der Waals surface area contributed by atoms with Gasteiger partial charge in [0.1, 0.15) is 5.82 Å². The van der Waals surface area contributed by atoms with Crippen LogP contribution in [-0.2, 0) is 19.6 Å². The van der Waals surface area contributed by atoms with Gasteiger partial charge in [-0.15, -0.1) is 0 Å². The van der Waals surface area contributed by atoms with Crippen LogP contribution in [0.1, 0.15) is 35.3 Å². The normalized spacial score (nSPS) is 13.5. The Hall–Kier alpha value is -1.89. The van der Waals surface area contributed by atoms with Gasteiger partial charge in [0.05, 0.1) is 17.3 Å². The largest absolute Gasteiger partial charge is 0.419 e. The zero-order valence-corrected chi connectivity index (χ0v) is 11.6. The van der Waals surface area contributed by atoms with E-state index in [4.69, 9.17) is 5.73 Å². The molecule has 0 saturated heterocycles. The van der Waals surface area contributed by atoms with Gasteiger partial charge in [-0.3, -0.25) is 4.68 Å². The highest BCUT2D eigenvalue weighted by atomic mass is 19.4. The van der Waals surface area contributed by atoms with Crippen LogP contribution in [0.3, 0.4) is 0 Å². The molecule has 7 heteroatoms. The molecular formula is C14H15F4N3. The molecule has 1 aromatic carbocycles. The van der Waals surface area contributed by atoms with Crippen LogP contribution in [-0.4, -0.2) is 9.78 Å². The molecule has 2 N–H and O–H groups in total. The van der Waals surface area contributed by atoms with Crippen molar-refractivity contribution in [3.63, 3.8) is 0 Å². The van der Waals surface area contributed by atoms with Crippen molar-refractivity contribution in [3.8, 4) is 0 Å². The van der Waals surface area contributed by atoms with Gasteiger partial charge < -0.3 is 5.73 Å². The zero-order chi connectivity index (χ0) is 15.8. The lowest BCUT2D eigenvalue weighted by molar-refractivity contribution is -0.140. The maximum absolute atomic E-state index is 13.6. The summed E-state index contributed by atoms with van der Waals surface area (Å²) in [5.41, 5.74) is 6.44. The first kappa shape index (κ1) is 15.5. The topological polar surface area (TPSA) is 43.8 Å². The highest BCUT2D eigenvalue weighted by Gasteiger charge is 2.34. The summed E-state index contributed by atoms with van der Waals surface area (Å²) in [6.07, 6.45) is -2.39. The lowest BCUT2D eigenvalue weighted by Crippen LogP contribution is -2.15. The second-order valence-corrected chi connectivity index (χ2v) is 4.77. The number of nitrogens with two attached hydrogens (primary N) is 1. The van der Waals surface area contributed by atoms with Crippen LogP contribution >= 0.6 is 0 Å². The smallest absolute Gasteiger partial charge is 0.320 e. The first-order chi connectivity index (χ1) is 9.74. The molecule has 2 aromatic rings. The van der Waals surface area contributed by atoms with Gasteiger partial charge in [-0.25, -0.2) is 4.39 Å². The maximum atomic E-state index is 13.6. The average Bonchev–Trinajstić information content (AvgIpc) is 2.77. The number of aryl methyl sites for hydroxylation is 2. The van der Waals surface area contributed by atoms with E-state index in [0.29, 0.717) is 18.1 Å². The minimum atomic E-state index is -4.71. The fraction of sp³-hybridized carbons (Fsp3) is 0.357. The summed E-state index contributed by atoms with van der Waals surface area (Å²) in [7, 11) is 1.72. The quantitative estimate of drug-likeness (QED) is 0.885. The van der Waals surface area contributed by atoms with Gasteiger partial charge in [0.15, 0.2) is 0 Å². The van der Waals surface area contributed by atoms with Crippen LogP contribution < -0.4 is 5.73 Å². The minimum Gasteiger partial charge on any atom is -0.320 e. The van der Waals surface area contributed by atoms with Crippen molar-refractivity contribution in [2.75, 3.05) is 0 Å². The van der Waals surface area contributed by atoms with Gasteiger partial charge in [0.2, 0.25) is 0 Å². The van der Waals surface area contributed by atoms with E-state index in [1.54, 1.807) is 17.9 Å². The molecule has 1 heterocycles. The molecule has 2 rings (SSSR count). The van der Waals surface area contributed by atoms with Crippen LogP contribution in [0.4, 0.5) is 17.6 Å². The summed E-state index contributed by atoms with van der Waals surface area (Å²) < 4.78 is 52.8. The average molecular weight is 301 g/mol. The summed E-state index contributed by atoms with van der Waals surface area (Å²) in [6.45, 7) is 1.89. The number of nitrogens with zero attached hydrogens (tertiary/aromatic N) is 2. The van der Waals surface area contributed by atoms with Crippen molar-refractivity contribution in [1.29, 1.82) is 0 Å². The van der Waals surface area contributed by atoms with E-state index in [1.165, 1.54) is 6.07 Å². The number of halogens is 4. The van der Waals surface area contributed by atoms with Crippen molar-refractivity contribution in [2.45, 2.75) is 25.6 Å². The molecule has 0 aliphatic carbocycles. The van der Waals surface area contributed by atoms with E-state index in [2.05, 4.69) is 5.10 Å². The van der Waals surface area contributed by atoms with Crippen LogP contribution in [0.5, 0.6) is 0 Å². The summed E-state index contributed by atoms with van der Waals surface area (Å²) >= 11 is 0. The van der Waals surface area contributed by atoms with E-state index in [9.17, 15) is 17.6 Å². The van der Waals surface area contributed by atoms with Crippen molar-refractivity contribution in [2.24, 2.45) is 12.8 Å². The monoisotopic (exact) mass is 301 g/mol. The Morgan fingerprint density at radius 3 is 2.52 bits per heavy atom. The third-order valence-corrected chi connectivity index (χ3v) is 3.27. The van der Waals surface area contributed by atoms with E-state index >= 15 is 0 Å². The van der Waals surface area contributed by atoms with Crippen LogP contribution in [0.15, 0.2) is 24.4 Å². The number of benzene rings is 1. The molecular weight excluding hydrogens is 286 g/mol. The Bertz CT molecular complexity index is 646. The van der Waals surface area contributed by atoms with E-state index in [1.807, 2.05) is 6.92 Å². The Balaban J connectivity index is 2.40. The number of alkyl halides is 3. The lowest BCUT2D eigenvalue weighted by atomic mass is 9.98. The van der Waals surface area contributed by atoms with Gasteiger partial charge in [0, 0.05) is 18.8 Å². The molecule has 1 unspecified atom stereocenters. The lowest BCUT2D eigenvalue weighted by Gasteiger charge is -2.14. The molecule has 3 nitrogen and oxygen atoms in total. The van der Waals surface area contributed by atoms with Crippen molar-refractivity contribution in [1.82, 2.24) is 9.78 Å². The fourth-order valence-corrected chi connectivity index (χ4v) is 2.22. The van der Waals surface area contributed by atoms with Gasteiger partial charge in [0.25, 0.3) is 0 Å². The molecule has 0 aliphatic rings. The van der Waals surface area contributed by atoms with Gasteiger partial charge >= 0.3 is 6.18 Å². The Morgan fingerprint density at radius 1 is 1.33 bits per heavy atom. The molecule has 0 aliphatic heterocycles. The second-order valence-electron chi connectivity index (χ2n) is 4.77. The minimum absolute atomic E-state index is 0.281. The Labute approximate surface area is 119 Å². The number of hydrogen-bond donors (Lipinski definition) is 1. The first-order valence-electron chi connectivity index (χ1n) is 6.38. The van der Waals surface area contributed by atoms with Crippen molar-refractivity contribution >= 4 is 0 Å². The van der Waals surface area contributed by atoms with Crippen LogP contribution in [0, 0.1) is 5.82 Å². The van der Waals surface area contributed by atoms with E-state index < -0.39 is 23.6 Å². The molecule has 114 valence electrons. The molecule has 21 heavy (non-hydrogen) atoms. The highest BCUT2D eigenvalue weighted by Crippen LogP contribution is 2.33. The fourth-order valence-electron chi connectivity index (χ4n) is 2.22. The third-order valence-electron chi connectivity index (χ3n) is 3.27. The van der Waals surface area contributed by atoms with Crippen LogP contribution in [0.2, 0.25) is 0 Å². The van der Waals surface area contributed by atoms with Crippen molar-refractivity contribution in [3.05, 3.63) is 52.6 Å². The molecule has 0 radical (unpaired) electrons. The van der Waals surface area contributed by atoms with Gasteiger partial charge in [-0.2, -0.15) is 18.3 Å². The summed E-state index contributed by atoms with van der Waals surface area (Å²) in [4.78, 5) is 0. The van der Waals surface area contributed by atoms with E-state index in [0.717, 1.165) is 11.8 Å². The summed E-state index contributed by atoms with van der Waals surface area (Å²) in [5.74, 6) is -1.32. The molecule has 0 bridgehead atoms. The van der Waals surface area contributed by atoms with Gasteiger partial charge in [-0.05, 0) is 24.1 Å². The second kappa shape index (κ2) is 5.48. The third kappa shape index (κ3) is 3.07. The first-order valence-corrected chi connectivity index (χ1v) is 6.38. The molecule has 0 spiro atoms. The summed E-state index contributed by atoms with van der Waals surface area (Å²) in [6, 6.07) is 2.03. The molecule has 1 atom stereocenters. The standard InChI is InChI=1S/C14H15F4N3/c1-3-12-9(7-21(2)20-12)13(19)8-4-5-10(11(15)6-8)14(16,17)18/h4-7,13H,3,19H2,1-2H3. The maximum Gasteiger partial charge on any atom is 0.419 e. The number of rotatable bonds is 3.